The predicted octanol–water partition coefficient (Wildman–Crippen LogP) is 3.69. The van der Waals surface area contributed by atoms with Crippen LogP contribution in [0.15, 0.2) is 53.0 Å². The van der Waals surface area contributed by atoms with Crippen LogP contribution in [-0.2, 0) is 16.0 Å². The molecule has 1 aliphatic rings. The van der Waals surface area contributed by atoms with Crippen LogP contribution in [0.4, 0.5) is 4.39 Å². The molecule has 0 atom stereocenters. The molecule has 1 heterocycles. The predicted molar refractivity (Wildman–Crippen MR) is 112 cm³/mol. The van der Waals surface area contributed by atoms with E-state index in [1.54, 1.807) is 12.1 Å². The van der Waals surface area contributed by atoms with Crippen molar-refractivity contribution in [1.29, 1.82) is 0 Å². The molecule has 2 aromatic carbocycles. The molecule has 1 fully saturated rings. The van der Waals surface area contributed by atoms with Crippen molar-refractivity contribution in [2.24, 2.45) is 11.1 Å². The maximum absolute atomic E-state index is 13.1. The molecule has 1 aliphatic heterocycles. The quantitative estimate of drug-likeness (QED) is 0.681. The number of likely N-dealkylation sites (tertiary alicyclic amines) is 1. The number of benzene rings is 2. The molecular formula is C22H24BrFN2O3. The van der Waals surface area contributed by atoms with Gasteiger partial charge >= 0.3 is 0 Å². The summed E-state index contributed by atoms with van der Waals surface area (Å²) in [6, 6.07) is 13.5. The van der Waals surface area contributed by atoms with Crippen LogP contribution >= 0.6 is 15.9 Å². The standard InChI is InChI=1S/C22H24BrFN2O3/c23-19-4-2-1-3-16(19)13-21(28)26-11-9-22(10-12-26,14-20(25)27)15-29-18-7-5-17(24)6-8-18/h1-8H,9-15H2,(H2,25,27). The van der Waals surface area contributed by atoms with E-state index in [-0.39, 0.29) is 24.1 Å². The zero-order valence-corrected chi connectivity index (χ0v) is 17.7. The molecule has 0 radical (unpaired) electrons. The Morgan fingerprint density at radius 2 is 1.76 bits per heavy atom. The Morgan fingerprint density at radius 3 is 2.38 bits per heavy atom. The van der Waals surface area contributed by atoms with Gasteiger partial charge in [0.2, 0.25) is 11.8 Å². The lowest BCUT2D eigenvalue weighted by atomic mass is 9.76. The van der Waals surface area contributed by atoms with E-state index in [9.17, 15) is 14.0 Å². The molecule has 2 N–H and O–H groups in total. The Bertz CT molecular complexity index is 865. The number of carbonyl (C=O) groups is 2. The number of primary amides is 1. The van der Waals surface area contributed by atoms with Crippen LogP contribution in [0.1, 0.15) is 24.8 Å². The van der Waals surface area contributed by atoms with Gasteiger partial charge in [-0.15, -0.1) is 0 Å². The van der Waals surface area contributed by atoms with Gasteiger partial charge in [-0.05, 0) is 48.7 Å². The molecule has 154 valence electrons. The number of halogens is 2. The molecule has 0 aliphatic carbocycles. The van der Waals surface area contributed by atoms with E-state index in [4.69, 9.17) is 10.5 Å². The van der Waals surface area contributed by atoms with Gasteiger partial charge in [0, 0.05) is 29.4 Å². The van der Waals surface area contributed by atoms with E-state index in [2.05, 4.69) is 15.9 Å². The highest BCUT2D eigenvalue weighted by Crippen LogP contribution is 2.36. The summed E-state index contributed by atoms with van der Waals surface area (Å²) in [7, 11) is 0. The zero-order valence-electron chi connectivity index (χ0n) is 16.1. The smallest absolute Gasteiger partial charge is 0.227 e. The second kappa shape index (κ2) is 9.39. The summed E-state index contributed by atoms with van der Waals surface area (Å²) in [6.45, 7) is 1.39. The molecule has 0 bridgehead atoms. The Balaban J connectivity index is 1.61. The van der Waals surface area contributed by atoms with Crippen LogP contribution in [0.3, 0.4) is 0 Å². The highest BCUT2D eigenvalue weighted by Gasteiger charge is 2.38. The van der Waals surface area contributed by atoms with Gasteiger partial charge in [-0.3, -0.25) is 9.59 Å². The molecule has 7 heteroatoms. The Morgan fingerprint density at radius 1 is 1.10 bits per heavy atom. The minimum Gasteiger partial charge on any atom is -0.493 e. The second-order valence-electron chi connectivity index (χ2n) is 7.53. The molecule has 2 aromatic rings. The van der Waals surface area contributed by atoms with Crippen molar-refractivity contribution in [3.63, 3.8) is 0 Å². The van der Waals surface area contributed by atoms with Crippen LogP contribution in [-0.4, -0.2) is 36.4 Å². The summed E-state index contributed by atoms with van der Waals surface area (Å²) in [5, 5.41) is 0. The molecule has 5 nitrogen and oxygen atoms in total. The number of nitrogens with two attached hydrogens (primary N) is 1. The summed E-state index contributed by atoms with van der Waals surface area (Å²) in [5.41, 5.74) is 6.00. The summed E-state index contributed by atoms with van der Waals surface area (Å²) in [4.78, 5) is 26.2. The normalized spacial score (nSPS) is 15.7. The van der Waals surface area contributed by atoms with E-state index in [1.165, 1.54) is 12.1 Å². The topological polar surface area (TPSA) is 72.6 Å². The maximum Gasteiger partial charge on any atom is 0.227 e. The van der Waals surface area contributed by atoms with E-state index < -0.39 is 5.41 Å². The molecule has 3 rings (SSSR count). The van der Waals surface area contributed by atoms with Crippen LogP contribution < -0.4 is 10.5 Å². The van der Waals surface area contributed by atoms with Gasteiger partial charge in [0.1, 0.15) is 11.6 Å². The minimum absolute atomic E-state index is 0.0593. The summed E-state index contributed by atoms with van der Waals surface area (Å²) in [6.07, 6.45) is 1.77. The molecule has 0 saturated carbocycles. The van der Waals surface area contributed by atoms with Crippen LogP contribution in [0.2, 0.25) is 0 Å². The third kappa shape index (κ3) is 5.79. The fraction of sp³-hybridized carbons (Fsp3) is 0.364. The number of nitrogens with zero attached hydrogens (tertiary/aromatic N) is 1. The van der Waals surface area contributed by atoms with Crippen molar-refractivity contribution < 1.29 is 18.7 Å². The van der Waals surface area contributed by atoms with Crippen LogP contribution in [0, 0.1) is 11.2 Å². The monoisotopic (exact) mass is 462 g/mol. The van der Waals surface area contributed by atoms with Crippen molar-refractivity contribution >= 4 is 27.7 Å². The Kier molecular flexibility index (Phi) is 6.90. The Labute approximate surface area is 178 Å². The van der Waals surface area contributed by atoms with E-state index in [0.717, 1.165) is 10.0 Å². The lowest BCUT2D eigenvalue weighted by molar-refractivity contribution is -0.133. The van der Waals surface area contributed by atoms with Crippen molar-refractivity contribution in [2.45, 2.75) is 25.7 Å². The average molecular weight is 463 g/mol. The number of carbonyl (C=O) groups excluding carboxylic acids is 2. The van der Waals surface area contributed by atoms with Gasteiger partial charge < -0.3 is 15.4 Å². The first kappa shape index (κ1) is 21.3. The third-order valence-corrected chi connectivity index (χ3v) is 6.16. The molecule has 0 aromatic heterocycles. The summed E-state index contributed by atoms with van der Waals surface area (Å²) in [5.74, 6) is -0.117. The molecule has 2 amide bonds. The molecule has 0 unspecified atom stereocenters. The molecule has 29 heavy (non-hydrogen) atoms. The molecular weight excluding hydrogens is 439 g/mol. The SMILES string of the molecule is NC(=O)CC1(COc2ccc(F)cc2)CCN(C(=O)Cc2ccccc2Br)CC1. The first-order chi connectivity index (χ1) is 13.9. The zero-order chi connectivity index (χ0) is 20.9. The fourth-order valence-electron chi connectivity index (χ4n) is 3.66. The van der Waals surface area contributed by atoms with E-state index in [1.807, 2.05) is 29.2 Å². The first-order valence-electron chi connectivity index (χ1n) is 9.55. The number of ether oxygens (including phenoxy) is 1. The molecule has 1 saturated heterocycles. The fourth-order valence-corrected chi connectivity index (χ4v) is 4.08. The minimum atomic E-state index is -0.426. The third-order valence-electron chi connectivity index (χ3n) is 5.38. The number of hydrogen-bond donors (Lipinski definition) is 1. The number of piperidine rings is 1. The Hall–Kier alpha value is -2.41. The highest BCUT2D eigenvalue weighted by atomic mass is 79.9. The van der Waals surface area contributed by atoms with Gasteiger partial charge in [-0.2, -0.15) is 0 Å². The lowest BCUT2D eigenvalue weighted by Gasteiger charge is -2.41. The highest BCUT2D eigenvalue weighted by molar-refractivity contribution is 9.10. The summed E-state index contributed by atoms with van der Waals surface area (Å²) >= 11 is 3.48. The van der Waals surface area contributed by atoms with Gasteiger partial charge in [0.15, 0.2) is 0 Å². The van der Waals surface area contributed by atoms with Gasteiger partial charge in [0.25, 0.3) is 0 Å². The van der Waals surface area contributed by atoms with Crippen molar-refractivity contribution in [1.82, 2.24) is 4.90 Å². The van der Waals surface area contributed by atoms with Crippen LogP contribution in [0.25, 0.3) is 0 Å². The van der Waals surface area contributed by atoms with E-state index >= 15 is 0 Å². The number of amides is 2. The lowest BCUT2D eigenvalue weighted by Crippen LogP contribution is -2.47. The van der Waals surface area contributed by atoms with Gasteiger partial charge in [-0.25, -0.2) is 4.39 Å². The van der Waals surface area contributed by atoms with Gasteiger partial charge in [-0.1, -0.05) is 34.1 Å². The number of hydrogen-bond acceptors (Lipinski definition) is 3. The van der Waals surface area contributed by atoms with E-state index in [0.29, 0.717) is 44.7 Å². The first-order valence-corrected chi connectivity index (χ1v) is 10.3. The van der Waals surface area contributed by atoms with Crippen molar-refractivity contribution in [3.8, 4) is 5.75 Å². The summed E-state index contributed by atoms with van der Waals surface area (Å²) < 4.78 is 19.8. The van der Waals surface area contributed by atoms with Crippen molar-refractivity contribution in [3.05, 3.63) is 64.4 Å². The second-order valence-corrected chi connectivity index (χ2v) is 8.39. The molecule has 0 spiro atoms. The maximum atomic E-state index is 13.1. The number of rotatable bonds is 7. The van der Waals surface area contributed by atoms with Gasteiger partial charge in [0.05, 0.1) is 13.0 Å². The average Bonchev–Trinajstić information content (AvgIpc) is 2.69. The largest absolute Gasteiger partial charge is 0.493 e. The van der Waals surface area contributed by atoms with Crippen LogP contribution in [0.5, 0.6) is 5.75 Å². The van der Waals surface area contributed by atoms with Crippen molar-refractivity contribution in [2.75, 3.05) is 19.7 Å².